The lowest BCUT2D eigenvalue weighted by atomic mass is 9.94. The number of likely N-dealkylation sites (N-methyl/N-ethyl adjacent to an activating group) is 1. The zero-order chi connectivity index (χ0) is 18.0. The molecule has 0 atom stereocenters. The van der Waals surface area contributed by atoms with Crippen molar-refractivity contribution in [2.75, 3.05) is 39.0 Å². The van der Waals surface area contributed by atoms with Crippen LogP contribution in [0.1, 0.15) is 29.8 Å². The van der Waals surface area contributed by atoms with Crippen LogP contribution < -0.4 is 0 Å². The third-order valence-corrected chi connectivity index (χ3v) is 5.44. The summed E-state index contributed by atoms with van der Waals surface area (Å²) in [5.74, 6) is -0.00670. The quantitative estimate of drug-likeness (QED) is 0.600. The minimum absolute atomic E-state index is 0.0513. The minimum atomic E-state index is -4.48. The summed E-state index contributed by atoms with van der Waals surface area (Å²) >= 11 is 0.999. The highest BCUT2D eigenvalue weighted by atomic mass is 32.2. The average molecular weight is 374 g/mol. The smallest absolute Gasteiger partial charge is 0.339 e. The molecule has 5 nitrogen and oxygen atoms in total. The van der Waals surface area contributed by atoms with E-state index in [1.54, 1.807) is 4.90 Å². The van der Waals surface area contributed by atoms with Crippen molar-refractivity contribution in [2.45, 2.75) is 37.0 Å². The van der Waals surface area contributed by atoms with Gasteiger partial charge in [-0.25, -0.2) is 9.97 Å². The first-order valence-electron chi connectivity index (χ1n) is 8.40. The molecule has 0 unspecified atom stereocenters. The van der Waals surface area contributed by atoms with Crippen molar-refractivity contribution in [3.05, 3.63) is 17.0 Å². The van der Waals surface area contributed by atoms with Crippen molar-refractivity contribution in [1.29, 1.82) is 0 Å². The number of piperazine rings is 1. The number of amides is 1. The Morgan fingerprint density at radius 1 is 1.12 bits per heavy atom. The normalized spacial score (nSPS) is 19.0. The van der Waals surface area contributed by atoms with E-state index >= 15 is 0 Å². The number of carbonyl (C=O) groups is 1. The molecule has 1 aromatic heterocycles. The van der Waals surface area contributed by atoms with E-state index in [0.29, 0.717) is 31.6 Å². The fraction of sp³-hybridized carbons (Fsp3) is 0.688. The summed E-state index contributed by atoms with van der Waals surface area (Å²) in [6.07, 6.45) is -2.00. The lowest BCUT2D eigenvalue weighted by molar-refractivity contribution is -0.142. The highest BCUT2D eigenvalue weighted by Gasteiger charge is 2.38. The molecule has 0 aromatic carbocycles. The third-order valence-electron chi connectivity index (χ3n) is 4.61. The molecule has 1 fully saturated rings. The van der Waals surface area contributed by atoms with Crippen LogP contribution in [-0.4, -0.2) is 64.7 Å². The molecule has 2 heterocycles. The van der Waals surface area contributed by atoms with Gasteiger partial charge in [0.25, 0.3) is 0 Å². The van der Waals surface area contributed by atoms with Crippen molar-refractivity contribution in [2.24, 2.45) is 0 Å². The largest absolute Gasteiger partial charge is 0.433 e. The van der Waals surface area contributed by atoms with Gasteiger partial charge in [0.2, 0.25) is 5.91 Å². The van der Waals surface area contributed by atoms with Crippen molar-refractivity contribution >= 4 is 17.7 Å². The number of alkyl halides is 3. The number of nitrogens with zero attached hydrogens (tertiary/aromatic N) is 4. The fourth-order valence-electron chi connectivity index (χ4n) is 3.14. The zero-order valence-electron chi connectivity index (χ0n) is 14.1. The van der Waals surface area contributed by atoms with Crippen LogP contribution in [0.2, 0.25) is 0 Å². The number of hydrogen-bond acceptors (Lipinski definition) is 5. The van der Waals surface area contributed by atoms with E-state index in [4.69, 9.17) is 0 Å². The van der Waals surface area contributed by atoms with E-state index in [1.165, 1.54) is 0 Å². The first kappa shape index (κ1) is 18.4. The second-order valence-electron chi connectivity index (χ2n) is 6.46. The Balaban J connectivity index is 1.71. The number of halogens is 3. The molecule has 1 aliphatic heterocycles. The molecule has 1 aromatic rings. The predicted octanol–water partition coefficient (Wildman–Crippen LogP) is 2.24. The topological polar surface area (TPSA) is 49.3 Å². The van der Waals surface area contributed by atoms with Crippen LogP contribution in [0.5, 0.6) is 0 Å². The van der Waals surface area contributed by atoms with Gasteiger partial charge in [-0.2, -0.15) is 13.2 Å². The number of hydrogen-bond donors (Lipinski definition) is 0. The summed E-state index contributed by atoms with van der Waals surface area (Å²) < 4.78 is 39.9. The summed E-state index contributed by atoms with van der Waals surface area (Å²) in [4.78, 5) is 24.2. The Kier molecular flexibility index (Phi) is 5.52. The summed E-state index contributed by atoms with van der Waals surface area (Å²) in [6.45, 7) is 2.91. The Morgan fingerprint density at radius 3 is 2.48 bits per heavy atom. The second kappa shape index (κ2) is 7.49. The van der Waals surface area contributed by atoms with Crippen LogP contribution in [0.25, 0.3) is 0 Å². The van der Waals surface area contributed by atoms with Gasteiger partial charge in [0.15, 0.2) is 10.9 Å². The predicted molar refractivity (Wildman–Crippen MR) is 88.5 cm³/mol. The Bertz CT molecular complexity index is 645. The first-order chi connectivity index (χ1) is 11.8. The maximum atomic E-state index is 13.3. The number of thioether (sulfide) groups is 1. The van der Waals surface area contributed by atoms with Crippen molar-refractivity contribution in [3.8, 4) is 0 Å². The fourth-order valence-corrected chi connectivity index (χ4v) is 3.91. The summed E-state index contributed by atoms with van der Waals surface area (Å²) in [5.41, 5.74) is -0.108. The minimum Gasteiger partial charge on any atom is -0.339 e. The number of aromatic nitrogens is 2. The van der Waals surface area contributed by atoms with Crippen LogP contribution >= 0.6 is 11.8 Å². The van der Waals surface area contributed by atoms with Gasteiger partial charge in [-0.05, 0) is 32.7 Å². The van der Waals surface area contributed by atoms with Gasteiger partial charge in [-0.1, -0.05) is 11.8 Å². The third kappa shape index (κ3) is 4.44. The molecule has 1 aliphatic carbocycles. The molecule has 0 N–H and O–H groups in total. The van der Waals surface area contributed by atoms with Crippen LogP contribution in [0.15, 0.2) is 5.16 Å². The highest BCUT2D eigenvalue weighted by molar-refractivity contribution is 7.99. The molecule has 2 aliphatic rings. The summed E-state index contributed by atoms with van der Waals surface area (Å²) in [5, 5.41) is 0.0513. The summed E-state index contributed by atoms with van der Waals surface area (Å²) in [7, 11) is 2.00. The van der Waals surface area contributed by atoms with E-state index < -0.39 is 11.9 Å². The number of aryl methyl sites for hydroxylation is 1. The molecule has 9 heteroatoms. The number of rotatable bonds is 3. The molecule has 0 radical (unpaired) electrons. The zero-order valence-corrected chi connectivity index (χ0v) is 14.9. The number of carbonyl (C=O) groups excluding carboxylic acids is 1. The second-order valence-corrected chi connectivity index (χ2v) is 7.40. The number of fused-ring (bicyclic) bond motifs is 1. The molecule has 3 rings (SSSR count). The van der Waals surface area contributed by atoms with Gasteiger partial charge in [0.05, 0.1) is 5.75 Å². The SMILES string of the molecule is CN1CCN(C(=O)CSc2nc3c(c(C(F)(F)F)n2)CCCC3)CC1. The molecule has 0 bridgehead atoms. The molecule has 1 amide bonds. The van der Waals surface area contributed by atoms with E-state index in [9.17, 15) is 18.0 Å². The molecule has 138 valence electrons. The van der Waals surface area contributed by atoms with Crippen molar-refractivity contribution < 1.29 is 18.0 Å². The van der Waals surface area contributed by atoms with Crippen LogP contribution in [0, 0.1) is 0 Å². The standard InChI is InChI=1S/C16H21F3N4OS/c1-22-6-8-23(9-7-22)13(24)10-25-15-20-12-5-3-2-4-11(12)14(21-15)16(17,18)19/h2-10H2,1H3. The molecule has 1 saturated heterocycles. The van der Waals surface area contributed by atoms with Crippen LogP contribution in [0.3, 0.4) is 0 Å². The maximum absolute atomic E-state index is 13.3. The average Bonchev–Trinajstić information content (AvgIpc) is 2.58. The van der Waals surface area contributed by atoms with E-state index in [1.807, 2.05) is 7.05 Å². The van der Waals surface area contributed by atoms with Gasteiger partial charge in [-0.15, -0.1) is 0 Å². The Hall–Kier alpha value is -1.35. The van der Waals surface area contributed by atoms with E-state index in [2.05, 4.69) is 14.9 Å². The van der Waals surface area contributed by atoms with Crippen LogP contribution in [-0.2, 0) is 23.8 Å². The van der Waals surface area contributed by atoms with Gasteiger partial charge in [-0.3, -0.25) is 4.79 Å². The van der Waals surface area contributed by atoms with Crippen molar-refractivity contribution in [3.63, 3.8) is 0 Å². The Morgan fingerprint density at radius 2 is 1.80 bits per heavy atom. The molecule has 0 saturated carbocycles. The molecule has 0 spiro atoms. The lowest BCUT2D eigenvalue weighted by Gasteiger charge is -2.32. The van der Waals surface area contributed by atoms with Gasteiger partial charge < -0.3 is 9.80 Å². The van der Waals surface area contributed by atoms with E-state index in [-0.39, 0.29) is 22.4 Å². The van der Waals surface area contributed by atoms with Crippen LogP contribution in [0.4, 0.5) is 13.2 Å². The molecular formula is C16H21F3N4OS. The monoisotopic (exact) mass is 374 g/mol. The first-order valence-corrected chi connectivity index (χ1v) is 9.39. The Labute approximate surface area is 149 Å². The lowest BCUT2D eigenvalue weighted by Crippen LogP contribution is -2.47. The van der Waals surface area contributed by atoms with Gasteiger partial charge in [0.1, 0.15) is 0 Å². The van der Waals surface area contributed by atoms with Gasteiger partial charge >= 0.3 is 6.18 Å². The van der Waals surface area contributed by atoms with Gasteiger partial charge in [0, 0.05) is 37.4 Å². The highest BCUT2D eigenvalue weighted by Crippen LogP contribution is 2.35. The van der Waals surface area contributed by atoms with E-state index in [0.717, 1.165) is 37.7 Å². The molecule has 25 heavy (non-hydrogen) atoms. The van der Waals surface area contributed by atoms with Crippen molar-refractivity contribution in [1.82, 2.24) is 19.8 Å². The summed E-state index contributed by atoms with van der Waals surface area (Å²) in [6, 6.07) is 0. The maximum Gasteiger partial charge on any atom is 0.433 e. The molecular weight excluding hydrogens is 353 g/mol.